The Morgan fingerprint density at radius 1 is 1.40 bits per heavy atom. The molecule has 1 aromatic carbocycles. The summed E-state index contributed by atoms with van der Waals surface area (Å²) in [5.41, 5.74) is 1.61. The Morgan fingerprint density at radius 3 is 2.75 bits per heavy atom. The van der Waals surface area contributed by atoms with Crippen molar-refractivity contribution in [2.24, 2.45) is 0 Å². The van der Waals surface area contributed by atoms with E-state index in [0.29, 0.717) is 12.8 Å². The van der Waals surface area contributed by atoms with Gasteiger partial charge in [0.25, 0.3) is 0 Å². The Labute approximate surface area is 118 Å². The molecule has 0 unspecified atom stereocenters. The van der Waals surface area contributed by atoms with Gasteiger partial charge in [-0.25, -0.2) is 0 Å². The van der Waals surface area contributed by atoms with Gasteiger partial charge in [-0.15, -0.1) is 0 Å². The van der Waals surface area contributed by atoms with Gasteiger partial charge in [0.05, 0.1) is 0 Å². The normalized spacial score (nSPS) is 17.2. The van der Waals surface area contributed by atoms with Crippen molar-refractivity contribution in [1.29, 1.82) is 0 Å². The van der Waals surface area contributed by atoms with Gasteiger partial charge in [-0.05, 0) is 31.9 Å². The van der Waals surface area contributed by atoms with Crippen LogP contribution < -0.4 is 10.6 Å². The maximum Gasteiger partial charge on any atom is 0.303 e. The second-order valence-corrected chi connectivity index (χ2v) is 5.83. The third-order valence-corrected chi connectivity index (χ3v) is 3.51. The molecule has 0 bridgehead atoms. The number of amides is 1. The average molecular weight is 276 g/mol. The Bertz CT molecular complexity index is 501. The molecule has 1 atom stereocenters. The molecule has 1 aromatic rings. The molecule has 0 radical (unpaired) electrons. The number of hydrogen-bond acceptors (Lipinski definition) is 3. The maximum atomic E-state index is 12.3. The molecule has 3 N–H and O–H groups in total. The number of carbonyl (C=O) groups is 2. The van der Waals surface area contributed by atoms with Crippen molar-refractivity contribution in [3.05, 3.63) is 29.8 Å². The van der Waals surface area contributed by atoms with E-state index >= 15 is 0 Å². The SMILES string of the molecule is CC(C)(CCC(=O)O)NC(=O)[C@@H]1Cc2ccccc2N1. The van der Waals surface area contributed by atoms with E-state index in [4.69, 9.17) is 5.11 Å². The Hall–Kier alpha value is -2.04. The van der Waals surface area contributed by atoms with Crippen molar-refractivity contribution in [2.45, 2.75) is 44.7 Å². The molecule has 0 spiro atoms. The van der Waals surface area contributed by atoms with Crippen molar-refractivity contribution >= 4 is 17.6 Å². The van der Waals surface area contributed by atoms with Crippen LogP contribution in [0.1, 0.15) is 32.3 Å². The molecule has 108 valence electrons. The smallest absolute Gasteiger partial charge is 0.303 e. The Morgan fingerprint density at radius 2 is 2.10 bits per heavy atom. The van der Waals surface area contributed by atoms with E-state index in [-0.39, 0.29) is 18.4 Å². The van der Waals surface area contributed by atoms with Crippen molar-refractivity contribution in [1.82, 2.24) is 5.32 Å². The van der Waals surface area contributed by atoms with Gasteiger partial charge in [0.1, 0.15) is 6.04 Å². The highest BCUT2D eigenvalue weighted by Crippen LogP contribution is 2.25. The largest absolute Gasteiger partial charge is 0.481 e. The van der Waals surface area contributed by atoms with Crippen molar-refractivity contribution in [3.8, 4) is 0 Å². The highest BCUT2D eigenvalue weighted by Gasteiger charge is 2.30. The molecule has 0 fully saturated rings. The highest BCUT2D eigenvalue weighted by molar-refractivity contribution is 5.87. The van der Waals surface area contributed by atoms with Gasteiger partial charge in [-0.2, -0.15) is 0 Å². The first-order valence-corrected chi connectivity index (χ1v) is 6.76. The number of hydrogen-bond donors (Lipinski definition) is 3. The van der Waals surface area contributed by atoms with Gasteiger partial charge in [-0.3, -0.25) is 9.59 Å². The molecular formula is C15H20N2O3. The number of carboxylic acid groups (broad SMARTS) is 1. The van der Waals surface area contributed by atoms with Crippen LogP contribution in [0, 0.1) is 0 Å². The van der Waals surface area contributed by atoms with Crippen LogP contribution in [0.15, 0.2) is 24.3 Å². The van der Waals surface area contributed by atoms with Gasteiger partial charge in [0.2, 0.25) is 5.91 Å². The first kappa shape index (κ1) is 14.4. The molecule has 2 rings (SSSR count). The average Bonchev–Trinajstić information content (AvgIpc) is 2.80. The quantitative estimate of drug-likeness (QED) is 0.766. The predicted octanol–water partition coefficient (Wildman–Crippen LogP) is 1.78. The van der Waals surface area contributed by atoms with Gasteiger partial charge in [-0.1, -0.05) is 18.2 Å². The number of fused-ring (bicyclic) bond motifs is 1. The number of anilines is 1. The summed E-state index contributed by atoms with van der Waals surface area (Å²) in [6.45, 7) is 3.69. The summed E-state index contributed by atoms with van der Waals surface area (Å²) in [5, 5.41) is 14.8. The number of rotatable bonds is 5. The van der Waals surface area contributed by atoms with Crippen LogP contribution in [-0.4, -0.2) is 28.6 Å². The zero-order valence-electron chi connectivity index (χ0n) is 11.8. The number of nitrogens with one attached hydrogen (secondary N) is 2. The van der Waals surface area contributed by atoms with Crippen LogP contribution in [0.3, 0.4) is 0 Å². The number of para-hydroxylation sites is 1. The molecule has 0 saturated heterocycles. The first-order chi connectivity index (χ1) is 9.37. The van der Waals surface area contributed by atoms with Crippen LogP contribution in [-0.2, 0) is 16.0 Å². The lowest BCUT2D eigenvalue weighted by atomic mass is 9.97. The lowest BCUT2D eigenvalue weighted by Crippen LogP contribution is -2.49. The van der Waals surface area contributed by atoms with Gasteiger partial charge >= 0.3 is 5.97 Å². The van der Waals surface area contributed by atoms with Crippen molar-refractivity contribution in [3.63, 3.8) is 0 Å². The summed E-state index contributed by atoms with van der Waals surface area (Å²) in [4.78, 5) is 22.9. The van der Waals surface area contributed by atoms with E-state index in [1.54, 1.807) is 0 Å². The summed E-state index contributed by atoms with van der Waals surface area (Å²) >= 11 is 0. The summed E-state index contributed by atoms with van der Waals surface area (Å²) in [6.07, 6.45) is 1.12. The van der Waals surface area contributed by atoms with Gasteiger partial charge < -0.3 is 15.7 Å². The standard InChI is InChI=1S/C15H20N2O3/c1-15(2,8-7-13(18)19)17-14(20)12-9-10-5-3-4-6-11(10)16-12/h3-6,12,16H,7-9H2,1-2H3,(H,17,20)(H,18,19)/t12-/m0/s1. The van der Waals surface area contributed by atoms with Gasteiger partial charge in [0, 0.05) is 24.1 Å². The number of carboxylic acids is 1. The molecule has 5 nitrogen and oxygen atoms in total. The number of carbonyl (C=O) groups excluding carboxylic acids is 1. The van der Waals surface area contributed by atoms with E-state index in [9.17, 15) is 9.59 Å². The summed E-state index contributed by atoms with van der Waals surface area (Å²) in [7, 11) is 0. The summed E-state index contributed by atoms with van der Waals surface area (Å²) < 4.78 is 0. The summed E-state index contributed by atoms with van der Waals surface area (Å²) in [5.74, 6) is -0.935. The molecule has 0 aromatic heterocycles. The van der Waals surface area contributed by atoms with Crippen LogP contribution in [0.4, 0.5) is 5.69 Å². The van der Waals surface area contributed by atoms with Crippen LogP contribution >= 0.6 is 0 Å². The molecule has 0 saturated carbocycles. The zero-order valence-corrected chi connectivity index (χ0v) is 11.8. The lowest BCUT2D eigenvalue weighted by Gasteiger charge is -2.27. The molecule has 1 heterocycles. The molecule has 5 heteroatoms. The molecule has 1 aliphatic rings. The fourth-order valence-corrected chi connectivity index (χ4v) is 2.36. The first-order valence-electron chi connectivity index (χ1n) is 6.76. The lowest BCUT2D eigenvalue weighted by molar-refractivity contribution is -0.137. The van der Waals surface area contributed by atoms with E-state index in [1.165, 1.54) is 0 Å². The molecule has 0 aliphatic carbocycles. The second kappa shape index (κ2) is 5.53. The summed E-state index contributed by atoms with van der Waals surface area (Å²) in [6, 6.07) is 7.57. The van der Waals surface area contributed by atoms with Crippen molar-refractivity contribution in [2.75, 3.05) is 5.32 Å². The van der Waals surface area contributed by atoms with Crippen LogP contribution in [0.25, 0.3) is 0 Å². The van der Waals surface area contributed by atoms with E-state index in [1.807, 2.05) is 38.1 Å². The minimum atomic E-state index is -0.848. The molecular weight excluding hydrogens is 256 g/mol. The maximum absolute atomic E-state index is 12.3. The van der Waals surface area contributed by atoms with E-state index < -0.39 is 11.5 Å². The third kappa shape index (κ3) is 3.50. The van der Waals surface area contributed by atoms with Gasteiger partial charge in [0.15, 0.2) is 0 Å². The Balaban J connectivity index is 1.92. The second-order valence-electron chi connectivity index (χ2n) is 5.83. The highest BCUT2D eigenvalue weighted by atomic mass is 16.4. The monoisotopic (exact) mass is 276 g/mol. The molecule has 1 amide bonds. The fraction of sp³-hybridized carbons (Fsp3) is 0.467. The van der Waals surface area contributed by atoms with Crippen LogP contribution in [0.5, 0.6) is 0 Å². The van der Waals surface area contributed by atoms with Crippen molar-refractivity contribution < 1.29 is 14.7 Å². The minimum absolute atomic E-state index is 0.0472. The predicted molar refractivity (Wildman–Crippen MR) is 76.6 cm³/mol. The number of benzene rings is 1. The Kier molecular flexibility index (Phi) is 3.97. The van der Waals surface area contributed by atoms with Crippen LogP contribution in [0.2, 0.25) is 0 Å². The molecule has 20 heavy (non-hydrogen) atoms. The van der Waals surface area contributed by atoms with E-state index in [0.717, 1.165) is 11.3 Å². The van der Waals surface area contributed by atoms with E-state index in [2.05, 4.69) is 10.6 Å². The third-order valence-electron chi connectivity index (χ3n) is 3.51. The zero-order chi connectivity index (χ0) is 14.8. The topological polar surface area (TPSA) is 78.4 Å². The fourth-order valence-electron chi connectivity index (χ4n) is 2.36. The minimum Gasteiger partial charge on any atom is -0.481 e. The molecule has 1 aliphatic heterocycles. The number of aliphatic carboxylic acids is 1.